The minimum atomic E-state index is -4.93. The van der Waals surface area contributed by atoms with E-state index in [-0.39, 0.29) is 5.03 Å². The van der Waals surface area contributed by atoms with Crippen molar-refractivity contribution in [3.05, 3.63) is 36.5 Å². The molecule has 114 valence electrons. The van der Waals surface area contributed by atoms with Crippen LogP contribution >= 0.6 is 0 Å². The first-order chi connectivity index (χ1) is 9.75. The summed E-state index contributed by atoms with van der Waals surface area (Å²) in [4.78, 5) is -0.803. The van der Waals surface area contributed by atoms with Gasteiger partial charge >= 0.3 is 5.76 Å². The molecular weight excluding hydrogens is 328 g/mol. The fourth-order valence-electron chi connectivity index (χ4n) is 1.49. The SMILES string of the molecule is O=S(=O)(Nc1ccccc1S(=O)(=O)C(F)F)c1ccn[nH]1. The Labute approximate surface area is 119 Å². The lowest BCUT2D eigenvalue weighted by atomic mass is 10.3. The molecule has 1 aromatic carbocycles. The summed E-state index contributed by atoms with van der Waals surface area (Å²) >= 11 is 0. The molecule has 2 N–H and O–H groups in total. The van der Waals surface area contributed by atoms with Gasteiger partial charge in [-0.2, -0.15) is 22.3 Å². The standard InChI is InChI=1S/C10H9F2N3O4S2/c11-10(12)20(16,17)8-4-2-1-3-7(8)15-21(18,19)9-5-6-13-14-9/h1-6,10,15H,(H,13,14). The fourth-order valence-corrected chi connectivity index (χ4v) is 3.43. The van der Waals surface area contributed by atoms with Crippen molar-refractivity contribution in [3.8, 4) is 0 Å². The van der Waals surface area contributed by atoms with Gasteiger partial charge in [-0.15, -0.1) is 0 Å². The average molecular weight is 337 g/mol. The molecule has 1 aromatic heterocycles. The van der Waals surface area contributed by atoms with E-state index in [0.717, 1.165) is 18.2 Å². The number of benzene rings is 1. The lowest BCUT2D eigenvalue weighted by molar-refractivity contribution is 0.235. The zero-order chi connectivity index (χ0) is 15.7. The van der Waals surface area contributed by atoms with Crippen LogP contribution in [0.5, 0.6) is 0 Å². The van der Waals surface area contributed by atoms with Crippen LogP contribution in [0.15, 0.2) is 46.5 Å². The second kappa shape index (κ2) is 5.41. The van der Waals surface area contributed by atoms with Crippen molar-refractivity contribution in [2.45, 2.75) is 15.7 Å². The summed E-state index contributed by atoms with van der Waals surface area (Å²) in [5, 5.41) is 5.30. The number of nitrogens with one attached hydrogen (secondary N) is 2. The van der Waals surface area contributed by atoms with E-state index in [1.165, 1.54) is 18.3 Å². The lowest BCUT2D eigenvalue weighted by Gasteiger charge is -2.11. The van der Waals surface area contributed by atoms with Crippen LogP contribution in [0.2, 0.25) is 0 Å². The number of halogens is 2. The highest BCUT2D eigenvalue weighted by atomic mass is 32.2. The Morgan fingerprint density at radius 1 is 1.10 bits per heavy atom. The zero-order valence-corrected chi connectivity index (χ0v) is 11.8. The number of sulfonamides is 1. The molecule has 0 radical (unpaired) electrons. The van der Waals surface area contributed by atoms with E-state index in [9.17, 15) is 25.6 Å². The summed E-state index contributed by atoms with van der Waals surface area (Å²) < 4.78 is 74.1. The minimum Gasteiger partial charge on any atom is -0.277 e. The molecule has 0 spiro atoms. The van der Waals surface area contributed by atoms with Gasteiger partial charge in [-0.1, -0.05) is 12.1 Å². The molecule has 0 aliphatic carbocycles. The quantitative estimate of drug-likeness (QED) is 0.852. The van der Waals surface area contributed by atoms with E-state index in [4.69, 9.17) is 0 Å². The zero-order valence-electron chi connectivity index (χ0n) is 10.2. The summed E-state index contributed by atoms with van der Waals surface area (Å²) in [5.74, 6) is -3.66. The largest absolute Gasteiger partial charge is 0.341 e. The predicted octanol–water partition coefficient (Wildman–Crippen LogP) is 1.21. The maximum absolute atomic E-state index is 12.6. The molecule has 0 aliphatic rings. The molecule has 7 nitrogen and oxygen atoms in total. The summed E-state index contributed by atoms with van der Waals surface area (Å²) in [5.41, 5.74) is -0.465. The van der Waals surface area contributed by atoms with Gasteiger partial charge in [-0.3, -0.25) is 9.82 Å². The first kappa shape index (κ1) is 15.4. The van der Waals surface area contributed by atoms with Crippen LogP contribution in [-0.2, 0) is 19.9 Å². The number of hydrogen-bond donors (Lipinski definition) is 2. The van der Waals surface area contributed by atoms with Crippen LogP contribution in [-0.4, -0.2) is 32.8 Å². The van der Waals surface area contributed by atoms with Crippen molar-refractivity contribution in [1.82, 2.24) is 10.2 Å². The topological polar surface area (TPSA) is 109 Å². The van der Waals surface area contributed by atoms with E-state index in [0.29, 0.717) is 0 Å². The van der Waals surface area contributed by atoms with Crippen LogP contribution in [0, 0.1) is 0 Å². The number of nitrogens with zero attached hydrogens (tertiary/aromatic N) is 1. The van der Waals surface area contributed by atoms with Crippen LogP contribution in [0.25, 0.3) is 0 Å². The van der Waals surface area contributed by atoms with E-state index >= 15 is 0 Å². The van der Waals surface area contributed by atoms with Gasteiger partial charge in [-0.05, 0) is 18.2 Å². The van der Waals surface area contributed by atoms with Gasteiger partial charge in [0.05, 0.1) is 16.8 Å². The molecule has 21 heavy (non-hydrogen) atoms. The van der Waals surface area contributed by atoms with Crippen LogP contribution < -0.4 is 4.72 Å². The van der Waals surface area contributed by atoms with Crippen LogP contribution in [0.3, 0.4) is 0 Å². The Kier molecular flexibility index (Phi) is 3.96. The molecule has 0 fully saturated rings. The molecule has 0 aliphatic heterocycles. The van der Waals surface area contributed by atoms with Gasteiger partial charge in [0, 0.05) is 0 Å². The highest BCUT2D eigenvalue weighted by Gasteiger charge is 2.30. The van der Waals surface area contributed by atoms with E-state index in [1.807, 2.05) is 4.72 Å². The Balaban J connectivity index is 2.48. The maximum atomic E-state index is 12.6. The molecule has 11 heteroatoms. The number of hydrogen-bond acceptors (Lipinski definition) is 5. The molecule has 0 unspecified atom stereocenters. The Hall–Kier alpha value is -2.01. The third-order valence-electron chi connectivity index (χ3n) is 2.44. The summed E-state index contributed by atoms with van der Waals surface area (Å²) in [7, 11) is -9.09. The number of aromatic amines is 1. The van der Waals surface area contributed by atoms with E-state index in [1.54, 1.807) is 0 Å². The van der Waals surface area contributed by atoms with Crippen molar-refractivity contribution in [2.75, 3.05) is 4.72 Å². The molecule has 0 saturated heterocycles. The van der Waals surface area contributed by atoms with Gasteiger partial charge < -0.3 is 0 Å². The number of alkyl halides is 2. The van der Waals surface area contributed by atoms with Crippen molar-refractivity contribution in [1.29, 1.82) is 0 Å². The highest BCUT2D eigenvalue weighted by molar-refractivity contribution is 7.93. The van der Waals surface area contributed by atoms with E-state index < -0.39 is 36.2 Å². The van der Waals surface area contributed by atoms with Crippen molar-refractivity contribution < 1.29 is 25.6 Å². The molecule has 2 rings (SSSR count). The maximum Gasteiger partial charge on any atom is 0.341 e. The second-order valence-corrected chi connectivity index (χ2v) is 7.37. The first-order valence-electron chi connectivity index (χ1n) is 5.38. The number of H-pyrrole nitrogens is 1. The number of rotatable bonds is 5. The van der Waals surface area contributed by atoms with Gasteiger partial charge in [0.1, 0.15) is 0 Å². The minimum absolute atomic E-state index is 0.327. The Bertz CT molecular complexity index is 833. The Morgan fingerprint density at radius 2 is 1.76 bits per heavy atom. The van der Waals surface area contributed by atoms with Gasteiger partial charge in [0.25, 0.3) is 10.0 Å². The molecular formula is C10H9F2N3O4S2. The third kappa shape index (κ3) is 3.03. The van der Waals surface area contributed by atoms with Crippen LogP contribution in [0.1, 0.15) is 0 Å². The highest BCUT2D eigenvalue weighted by Crippen LogP contribution is 2.27. The third-order valence-corrected chi connectivity index (χ3v) is 5.17. The normalized spacial score (nSPS) is 12.5. The number of anilines is 1. The van der Waals surface area contributed by atoms with Crippen molar-refractivity contribution in [3.63, 3.8) is 0 Å². The summed E-state index contributed by atoms with van der Waals surface area (Å²) in [6, 6.07) is 5.63. The number of aromatic nitrogens is 2. The lowest BCUT2D eigenvalue weighted by Crippen LogP contribution is -2.18. The molecule has 0 bridgehead atoms. The monoisotopic (exact) mass is 337 g/mol. The number of sulfone groups is 1. The smallest absolute Gasteiger partial charge is 0.277 e. The molecule has 1 heterocycles. The predicted molar refractivity (Wildman–Crippen MR) is 69.0 cm³/mol. The van der Waals surface area contributed by atoms with Gasteiger partial charge in [0.15, 0.2) is 5.03 Å². The first-order valence-corrected chi connectivity index (χ1v) is 8.41. The molecule has 0 atom stereocenters. The van der Waals surface area contributed by atoms with Gasteiger partial charge in [0.2, 0.25) is 9.84 Å². The van der Waals surface area contributed by atoms with Crippen molar-refractivity contribution >= 4 is 25.5 Å². The van der Waals surface area contributed by atoms with Gasteiger partial charge in [-0.25, -0.2) is 8.42 Å². The number of para-hydroxylation sites is 1. The van der Waals surface area contributed by atoms with Crippen LogP contribution in [0.4, 0.5) is 14.5 Å². The van der Waals surface area contributed by atoms with Crippen molar-refractivity contribution in [2.24, 2.45) is 0 Å². The second-order valence-electron chi connectivity index (χ2n) is 3.83. The molecule has 0 amide bonds. The van der Waals surface area contributed by atoms with E-state index in [2.05, 4.69) is 10.2 Å². The summed E-state index contributed by atoms with van der Waals surface area (Å²) in [6.45, 7) is 0. The fraction of sp³-hybridized carbons (Fsp3) is 0.100. The summed E-state index contributed by atoms with van der Waals surface area (Å²) in [6.07, 6.45) is 1.18. The molecule has 0 saturated carbocycles. The average Bonchev–Trinajstić information content (AvgIpc) is 2.93. The Morgan fingerprint density at radius 3 is 2.33 bits per heavy atom. The molecule has 2 aromatic rings.